The molecule has 0 radical (unpaired) electrons. The van der Waals surface area contributed by atoms with Crippen molar-refractivity contribution in [2.24, 2.45) is 11.7 Å². The number of carbonyl (C=O) groups is 1. The van der Waals surface area contributed by atoms with Crippen LogP contribution in [0.2, 0.25) is 0 Å². The van der Waals surface area contributed by atoms with Crippen molar-refractivity contribution >= 4 is 28.5 Å². The van der Waals surface area contributed by atoms with Crippen molar-refractivity contribution in [3.63, 3.8) is 0 Å². The molecule has 1 aliphatic carbocycles. The first-order valence-electron chi connectivity index (χ1n) is 7.08. The third kappa shape index (κ3) is 3.09. The van der Waals surface area contributed by atoms with Crippen LogP contribution in [0.15, 0.2) is 18.2 Å². The highest BCUT2D eigenvalue weighted by Gasteiger charge is 2.34. The lowest BCUT2D eigenvalue weighted by atomic mass is 10.0. The summed E-state index contributed by atoms with van der Waals surface area (Å²) >= 11 is 2.15. The lowest BCUT2D eigenvalue weighted by molar-refractivity contribution is 0.0649. The van der Waals surface area contributed by atoms with Crippen LogP contribution in [0, 0.1) is 9.49 Å². The molecule has 1 aromatic rings. The van der Waals surface area contributed by atoms with E-state index in [4.69, 9.17) is 5.73 Å². The molecule has 2 unspecified atom stereocenters. The van der Waals surface area contributed by atoms with Gasteiger partial charge in [0.05, 0.1) is 5.56 Å². The van der Waals surface area contributed by atoms with Crippen LogP contribution in [0.4, 0.5) is 0 Å². The Morgan fingerprint density at radius 3 is 2.90 bits per heavy atom. The molecule has 1 aliphatic rings. The Bertz CT molecular complexity index is 493. The molecule has 0 saturated heterocycles. The molecule has 1 aromatic carbocycles. The van der Waals surface area contributed by atoms with E-state index in [1.54, 1.807) is 18.2 Å². The molecule has 20 heavy (non-hydrogen) atoms. The van der Waals surface area contributed by atoms with Crippen molar-refractivity contribution < 1.29 is 9.90 Å². The molecule has 1 amide bonds. The second-order valence-corrected chi connectivity index (χ2v) is 6.49. The Morgan fingerprint density at radius 1 is 1.50 bits per heavy atom. The van der Waals surface area contributed by atoms with E-state index in [2.05, 4.69) is 22.6 Å². The van der Waals surface area contributed by atoms with E-state index < -0.39 is 0 Å². The van der Waals surface area contributed by atoms with Gasteiger partial charge in [-0.1, -0.05) is 6.42 Å². The van der Waals surface area contributed by atoms with Crippen molar-refractivity contribution in [1.29, 1.82) is 0 Å². The highest BCUT2D eigenvalue weighted by Crippen LogP contribution is 2.31. The first-order chi connectivity index (χ1) is 9.58. The molecule has 1 fully saturated rings. The molecular weight excluding hydrogens is 367 g/mol. The predicted octanol–water partition coefficient (Wildman–Crippen LogP) is 2.59. The monoisotopic (exact) mass is 388 g/mol. The summed E-state index contributed by atoms with van der Waals surface area (Å²) in [6.07, 6.45) is 3.21. The molecule has 0 spiro atoms. The van der Waals surface area contributed by atoms with Crippen LogP contribution in [0.1, 0.15) is 36.5 Å². The van der Waals surface area contributed by atoms with Gasteiger partial charge >= 0.3 is 0 Å². The van der Waals surface area contributed by atoms with Crippen LogP contribution in [0.5, 0.6) is 5.75 Å². The lowest BCUT2D eigenvalue weighted by Gasteiger charge is -2.32. The van der Waals surface area contributed by atoms with Crippen LogP contribution in [-0.4, -0.2) is 35.0 Å². The van der Waals surface area contributed by atoms with Crippen LogP contribution in [0.3, 0.4) is 0 Å². The Kier molecular flexibility index (Phi) is 5.26. The summed E-state index contributed by atoms with van der Waals surface area (Å²) in [7, 11) is 0. The number of nitrogens with zero attached hydrogens (tertiary/aromatic N) is 1. The minimum atomic E-state index is -0.0890. The van der Waals surface area contributed by atoms with Gasteiger partial charge in [-0.15, -0.1) is 0 Å². The number of halogens is 1. The Hall–Kier alpha value is -0.820. The topological polar surface area (TPSA) is 66.6 Å². The average molecular weight is 388 g/mol. The van der Waals surface area contributed by atoms with E-state index in [-0.39, 0.29) is 17.7 Å². The molecule has 2 rings (SSSR count). The molecule has 1 saturated carbocycles. The summed E-state index contributed by atoms with van der Waals surface area (Å²) in [6, 6.07) is 5.32. The number of aromatic hydroxyl groups is 1. The summed E-state index contributed by atoms with van der Waals surface area (Å²) in [4.78, 5) is 14.6. The zero-order valence-electron chi connectivity index (χ0n) is 11.7. The van der Waals surface area contributed by atoms with Gasteiger partial charge in [0.25, 0.3) is 5.91 Å². The molecule has 5 heteroatoms. The quantitative estimate of drug-likeness (QED) is 0.780. The van der Waals surface area contributed by atoms with Crippen LogP contribution in [0.25, 0.3) is 0 Å². The molecule has 0 bridgehead atoms. The normalized spacial score (nSPS) is 21.9. The largest absolute Gasteiger partial charge is 0.507 e. The Balaban J connectivity index is 2.27. The van der Waals surface area contributed by atoms with Crippen LogP contribution < -0.4 is 5.73 Å². The fourth-order valence-corrected chi connectivity index (χ4v) is 3.56. The molecule has 0 aliphatic heterocycles. The molecule has 0 aromatic heterocycles. The number of nitrogens with two attached hydrogens (primary N) is 1. The fraction of sp³-hybridized carbons (Fsp3) is 0.533. The number of hydrogen-bond acceptors (Lipinski definition) is 3. The van der Waals surface area contributed by atoms with E-state index in [0.717, 1.165) is 22.8 Å². The van der Waals surface area contributed by atoms with Gasteiger partial charge in [0.2, 0.25) is 0 Å². The first kappa shape index (κ1) is 15.6. The van der Waals surface area contributed by atoms with Crippen molar-refractivity contribution in [3.8, 4) is 5.75 Å². The van der Waals surface area contributed by atoms with Gasteiger partial charge in [-0.3, -0.25) is 4.79 Å². The van der Waals surface area contributed by atoms with Gasteiger partial charge in [0.1, 0.15) is 5.75 Å². The summed E-state index contributed by atoms with van der Waals surface area (Å²) in [5.41, 5.74) is 6.21. The van der Waals surface area contributed by atoms with Crippen molar-refractivity contribution in [2.75, 3.05) is 13.1 Å². The Labute approximate surface area is 133 Å². The van der Waals surface area contributed by atoms with E-state index in [1.807, 2.05) is 11.8 Å². The highest BCUT2D eigenvalue weighted by atomic mass is 127. The maximum absolute atomic E-state index is 12.7. The molecular formula is C15H21IN2O2. The zero-order valence-corrected chi connectivity index (χ0v) is 13.8. The van der Waals surface area contributed by atoms with E-state index >= 15 is 0 Å². The number of rotatable bonds is 4. The minimum Gasteiger partial charge on any atom is -0.507 e. The van der Waals surface area contributed by atoms with E-state index in [0.29, 0.717) is 24.6 Å². The smallest absolute Gasteiger partial charge is 0.257 e. The molecule has 110 valence electrons. The van der Waals surface area contributed by atoms with Crippen LogP contribution >= 0.6 is 22.6 Å². The molecule has 4 nitrogen and oxygen atoms in total. The summed E-state index contributed by atoms with van der Waals surface area (Å²) < 4.78 is 0.946. The van der Waals surface area contributed by atoms with E-state index in [1.165, 1.54) is 0 Å². The summed E-state index contributed by atoms with van der Waals surface area (Å²) in [5.74, 6) is 0.342. The number of benzene rings is 1. The predicted molar refractivity (Wildman–Crippen MR) is 87.7 cm³/mol. The Morgan fingerprint density at radius 2 is 2.25 bits per heavy atom. The van der Waals surface area contributed by atoms with Gasteiger partial charge in [-0.2, -0.15) is 0 Å². The van der Waals surface area contributed by atoms with Gasteiger partial charge in [-0.05, 0) is 73.0 Å². The van der Waals surface area contributed by atoms with Gasteiger partial charge < -0.3 is 15.7 Å². The van der Waals surface area contributed by atoms with E-state index in [9.17, 15) is 9.90 Å². The van der Waals surface area contributed by atoms with Gasteiger partial charge in [0.15, 0.2) is 0 Å². The molecule has 2 atom stereocenters. The molecule has 3 N–H and O–H groups in total. The zero-order chi connectivity index (χ0) is 14.7. The maximum atomic E-state index is 12.7. The maximum Gasteiger partial charge on any atom is 0.257 e. The minimum absolute atomic E-state index is 0.0520. The van der Waals surface area contributed by atoms with Gasteiger partial charge in [-0.25, -0.2) is 0 Å². The lowest BCUT2D eigenvalue weighted by Crippen LogP contribution is -2.44. The van der Waals surface area contributed by atoms with Crippen molar-refractivity contribution in [2.45, 2.75) is 32.2 Å². The fourth-order valence-electron chi connectivity index (χ4n) is 3.07. The first-order valence-corrected chi connectivity index (χ1v) is 8.15. The van der Waals surface area contributed by atoms with Crippen molar-refractivity contribution in [1.82, 2.24) is 4.90 Å². The highest BCUT2D eigenvalue weighted by molar-refractivity contribution is 14.1. The van der Waals surface area contributed by atoms with Crippen LogP contribution in [-0.2, 0) is 0 Å². The third-order valence-electron chi connectivity index (χ3n) is 4.11. The number of phenolic OH excluding ortho intramolecular Hbond substituents is 1. The van der Waals surface area contributed by atoms with Crippen molar-refractivity contribution in [3.05, 3.63) is 27.3 Å². The number of phenols is 1. The number of carbonyl (C=O) groups excluding carboxylic acids is 1. The average Bonchev–Trinajstić information content (AvgIpc) is 2.90. The molecule has 0 heterocycles. The second kappa shape index (κ2) is 6.76. The number of hydrogen-bond donors (Lipinski definition) is 2. The third-order valence-corrected chi connectivity index (χ3v) is 4.78. The second-order valence-electron chi connectivity index (χ2n) is 5.25. The summed E-state index contributed by atoms with van der Waals surface area (Å²) in [6.45, 7) is 3.24. The SMILES string of the molecule is CCN(C(=O)c1cc(I)ccc1O)C1CCCC1CN. The number of amides is 1. The van der Waals surface area contributed by atoms with Gasteiger partial charge in [0, 0.05) is 16.2 Å². The standard InChI is InChI=1S/C15H21IN2O2/c1-2-18(13-5-3-4-10(13)9-17)15(20)12-8-11(16)6-7-14(12)19/h6-8,10,13,19H,2-5,9,17H2,1H3. The summed E-state index contributed by atoms with van der Waals surface area (Å²) in [5, 5.41) is 9.94.